The molecule has 1 aromatic rings. The molecule has 0 bridgehead atoms. The predicted octanol–water partition coefficient (Wildman–Crippen LogP) is 2.82. The van der Waals surface area contributed by atoms with Crippen molar-refractivity contribution in [3.63, 3.8) is 0 Å². The minimum atomic E-state index is -0.158. The molecule has 2 N–H and O–H groups in total. The van der Waals surface area contributed by atoms with Crippen molar-refractivity contribution < 1.29 is 9.53 Å². The van der Waals surface area contributed by atoms with Crippen LogP contribution in [0.5, 0.6) is 0 Å². The Morgan fingerprint density at radius 2 is 1.89 bits per heavy atom. The third-order valence-electron chi connectivity index (χ3n) is 2.08. The first kappa shape index (κ1) is 15.4. The summed E-state index contributed by atoms with van der Waals surface area (Å²) in [5.41, 5.74) is 0.563. The molecule has 1 amide bonds. The molecule has 0 saturated carbocycles. The number of carbonyl (C=O) groups excluding carboxylic acids is 1. The van der Waals surface area contributed by atoms with E-state index in [4.69, 9.17) is 39.5 Å². The lowest BCUT2D eigenvalue weighted by molar-refractivity contribution is -0.119. The first-order valence-electron chi connectivity index (χ1n) is 5.18. The zero-order valence-corrected chi connectivity index (χ0v) is 12.0. The smallest absolute Gasteiger partial charge is 0.239 e. The molecule has 0 radical (unpaired) electrons. The number of nitrogens with one attached hydrogen (secondary N) is 2. The van der Waals surface area contributed by atoms with Crippen molar-refractivity contribution in [1.29, 1.82) is 0 Å². The number of rotatable bonds is 6. The Morgan fingerprint density at radius 3 is 2.56 bits per heavy atom. The zero-order chi connectivity index (χ0) is 13.5. The fourth-order valence-corrected chi connectivity index (χ4v) is 1.80. The Balaban J connectivity index is 2.48. The first-order valence-corrected chi connectivity index (χ1v) is 6.32. The number of methoxy groups -OCH3 is 1. The number of carbonyl (C=O) groups is 1. The Bertz CT molecular complexity index is 427. The van der Waals surface area contributed by atoms with Crippen molar-refractivity contribution >= 4 is 46.4 Å². The van der Waals surface area contributed by atoms with Crippen LogP contribution in [-0.2, 0) is 9.53 Å². The summed E-state index contributed by atoms with van der Waals surface area (Å²) in [5, 5.41) is 6.71. The summed E-state index contributed by atoms with van der Waals surface area (Å²) in [6.07, 6.45) is 0. The monoisotopic (exact) mass is 310 g/mol. The summed E-state index contributed by atoms with van der Waals surface area (Å²) in [6, 6.07) is 3.10. The third kappa shape index (κ3) is 4.90. The minimum absolute atomic E-state index is 0.0986. The van der Waals surface area contributed by atoms with Crippen LogP contribution >= 0.6 is 34.8 Å². The largest absolute Gasteiger partial charge is 0.383 e. The van der Waals surface area contributed by atoms with Crippen molar-refractivity contribution in [1.82, 2.24) is 5.32 Å². The van der Waals surface area contributed by atoms with Gasteiger partial charge in [-0.25, -0.2) is 0 Å². The third-order valence-corrected chi connectivity index (χ3v) is 3.11. The number of hydrogen-bond acceptors (Lipinski definition) is 3. The molecule has 0 aliphatic carbocycles. The van der Waals surface area contributed by atoms with E-state index in [2.05, 4.69) is 10.6 Å². The van der Waals surface area contributed by atoms with E-state index in [-0.39, 0.29) is 12.5 Å². The number of hydrogen-bond donors (Lipinski definition) is 2. The van der Waals surface area contributed by atoms with Crippen molar-refractivity contribution in [2.75, 3.05) is 32.1 Å². The minimum Gasteiger partial charge on any atom is -0.383 e. The molecular formula is C11H13Cl3N2O2. The topological polar surface area (TPSA) is 50.4 Å². The second-order valence-corrected chi connectivity index (χ2v) is 4.66. The average molecular weight is 312 g/mol. The summed E-state index contributed by atoms with van der Waals surface area (Å²) in [5.74, 6) is -0.158. The molecule has 1 rings (SSSR count). The van der Waals surface area contributed by atoms with Crippen LogP contribution in [-0.4, -0.2) is 32.7 Å². The van der Waals surface area contributed by atoms with E-state index < -0.39 is 0 Å². The molecule has 100 valence electrons. The summed E-state index contributed by atoms with van der Waals surface area (Å²) >= 11 is 17.6. The lowest BCUT2D eigenvalue weighted by atomic mass is 10.3. The molecule has 7 heteroatoms. The Kier molecular flexibility index (Phi) is 6.57. The Morgan fingerprint density at radius 1 is 1.22 bits per heavy atom. The lowest BCUT2D eigenvalue weighted by Crippen LogP contribution is -2.32. The maximum atomic E-state index is 11.4. The van der Waals surface area contributed by atoms with Gasteiger partial charge in [0.1, 0.15) is 0 Å². The van der Waals surface area contributed by atoms with Gasteiger partial charge in [-0.05, 0) is 12.1 Å². The van der Waals surface area contributed by atoms with Crippen molar-refractivity contribution in [3.8, 4) is 0 Å². The van der Waals surface area contributed by atoms with Crippen LogP contribution in [0.3, 0.4) is 0 Å². The maximum absolute atomic E-state index is 11.4. The van der Waals surface area contributed by atoms with Crippen LogP contribution < -0.4 is 10.6 Å². The highest BCUT2D eigenvalue weighted by Gasteiger charge is 2.07. The van der Waals surface area contributed by atoms with Gasteiger partial charge in [0, 0.05) is 13.7 Å². The number of anilines is 1. The fourth-order valence-electron chi connectivity index (χ4n) is 1.19. The van der Waals surface area contributed by atoms with E-state index in [9.17, 15) is 4.79 Å². The summed E-state index contributed by atoms with van der Waals surface area (Å²) in [6.45, 7) is 1.03. The normalized spacial score (nSPS) is 10.2. The Labute approximate surface area is 121 Å². The van der Waals surface area contributed by atoms with Crippen LogP contribution in [0.2, 0.25) is 15.1 Å². The molecule has 4 nitrogen and oxygen atoms in total. The molecule has 0 aliphatic rings. The first-order chi connectivity index (χ1) is 8.54. The molecule has 0 aliphatic heterocycles. The highest BCUT2D eigenvalue weighted by atomic mass is 35.5. The number of halogens is 3. The van der Waals surface area contributed by atoms with Gasteiger partial charge in [0.15, 0.2) is 0 Å². The lowest BCUT2D eigenvalue weighted by Gasteiger charge is -2.10. The molecule has 0 spiro atoms. The average Bonchev–Trinajstić information content (AvgIpc) is 2.32. The van der Waals surface area contributed by atoms with Gasteiger partial charge in [-0.1, -0.05) is 34.8 Å². The predicted molar refractivity (Wildman–Crippen MR) is 74.8 cm³/mol. The SMILES string of the molecule is COCCNC(=O)CNc1cc(Cl)c(Cl)cc1Cl. The van der Waals surface area contributed by atoms with Gasteiger partial charge in [0.2, 0.25) is 5.91 Å². The van der Waals surface area contributed by atoms with E-state index in [0.29, 0.717) is 33.9 Å². The van der Waals surface area contributed by atoms with E-state index in [1.165, 1.54) is 6.07 Å². The van der Waals surface area contributed by atoms with Gasteiger partial charge < -0.3 is 15.4 Å². The maximum Gasteiger partial charge on any atom is 0.239 e. The van der Waals surface area contributed by atoms with Crippen LogP contribution in [0.1, 0.15) is 0 Å². The summed E-state index contributed by atoms with van der Waals surface area (Å²) in [7, 11) is 1.57. The second kappa shape index (κ2) is 7.69. The van der Waals surface area contributed by atoms with Gasteiger partial charge in [0.25, 0.3) is 0 Å². The second-order valence-electron chi connectivity index (χ2n) is 3.44. The molecule has 0 unspecified atom stereocenters. The molecule has 0 aromatic heterocycles. The summed E-state index contributed by atoms with van der Waals surface area (Å²) < 4.78 is 4.81. The van der Waals surface area contributed by atoms with Crippen LogP contribution in [0.25, 0.3) is 0 Å². The molecular weight excluding hydrogens is 298 g/mol. The van der Waals surface area contributed by atoms with Crippen LogP contribution in [0, 0.1) is 0 Å². The number of amides is 1. The summed E-state index contributed by atoms with van der Waals surface area (Å²) in [4.78, 5) is 11.4. The van der Waals surface area contributed by atoms with E-state index >= 15 is 0 Å². The molecule has 0 saturated heterocycles. The molecule has 0 atom stereocenters. The van der Waals surface area contributed by atoms with Crippen LogP contribution in [0.4, 0.5) is 5.69 Å². The van der Waals surface area contributed by atoms with Gasteiger partial charge in [-0.2, -0.15) is 0 Å². The quantitative estimate of drug-likeness (QED) is 0.627. The fraction of sp³-hybridized carbons (Fsp3) is 0.364. The van der Waals surface area contributed by atoms with Crippen molar-refractivity contribution in [3.05, 3.63) is 27.2 Å². The zero-order valence-electron chi connectivity index (χ0n) is 9.73. The van der Waals surface area contributed by atoms with Crippen molar-refractivity contribution in [2.45, 2.75) is 0 Å². The molecule has 1 aromatic carbocycles. The van der Waals surface area contributed by atoms with Gasteiger partial charge in [-0.15, -0.1) is 0 Å². The molecule has 18 heavy (non-hydrogen) atoms. The van der Waals surface area contributed by atoms with E-state index in [1.54, 1.807) is 13.2 Å². The highest BCUT2D eigenvalue weighted by Crippen LogP contribution is 2.31. The highest BCUT2D eigenvalue weighted by molar-refractivity contribution is 6.44. The molecule has 0 fully saturated rings. The van der Waals surface area contributed by atoms with E-state index in [0.717, 1.165) is 0 Å². The van der Waals surface area contributed by atoms with E-state index in [1.807, 2.05) is 0 Å². The standard InChI is InChI=1S/C11H13Cl3N2O2/c1-18-3-2-15-11(17)6-16-10-5-8(13)7(12)4-9(10)14/h4-5,16H,2-3,6H2,1H3,(H,15,17). The van der Waals surface area contributed by atoms with Gasteiger partial charge in [0.05, 0.1) is 33.9 Å². The number of benzene rings is 1. The van der Waals surface area contributed by atoms with Crippen molar-refractivity contribution in [2.24, 2.45) is 0 Å². The van der Waals surface area contributed by atoms with Crippen LogP contribution in [0.15, 0.2) is 12.1 Å². The Hall–Kier alpha value is -0.680. The number of ether oxygens (including phenoxy) is 1. The van der Waals surface area contributed by atoms with Gasteiger partial charge >= 0.3 is 0 Å². The van der Waals surface area contributed by atoms with Gasteiger partial charge in [-0.3, -0.25) is 4.79 Å². The molecule has 0 heterocycles.